The molecule has 4 rings (SSSR count). The maximum Gasteiger partial charge on any atom is 0.344 e. The Morgan fingerprint density at radius 2 is 1.79 bits per heavy atom. The van der Waals surface area contributed by atoms with Crippen LogP contribution >= 0.6 is 34.5 Å². The van der Waals surface area contributed by atoms with Crippen molar-refractivity contribution in [3.05, 3.63) is 94.6 Å². The Balaban J connectivity index is 1.77. The Morgan fingerprint density at radius 1 is 1.08 bits per heavy atom. The molecule has 0 saturated heterocycles. The van der Waals surface area contributed by atoms with Crippen LogP contribution in [-0.4, -0.2) is 36.3 Å². The van der Waals surface area contributed by atoms with Gasteiger partial charge in [0.05, 0.1) is 39.1 Å². The number of thiazole rings is 1. The molecule has 0 fully saturated rings. The molecule has 0 bridgehead atoms. The van der Waals surface area contributed by atoms with Gasteiger partial charge in [0.2, 0.25) is 0 Å². The van der Waals surface area contributed by atoms with Gasteiger partial charge in [0.15, 0.2) is 11.4 Å². The number of aromatic nitrogens is 1. The largest absolute Gasteiger partial charge is 0.482 e. The Kier molecular flexibility index (Phi) is 8.71. The SMILES string of the molecule is CCOC(=O)COc1ccc(/C=c2\sc3n(c2=O)[C@H](c2cccc(Cl)c2Cl)C(C(=O)OCC)=C(C)N=3)cc1. The van der Waals surface area contributed by atoms with Gasteiger partial charge < -0.3 is 14.2 Å². The predicted molar refractivity (Wildman–Crippen MR) is 145 cm³/mol. The number of carbonyl (C=O) groups excluding carboxylic acids is 2. The van der Waals surface area contributed by atoms with Crippen LogP contribution in [0.5, 0.6) is 5.75 Å². The van der Waals surface area contributed by atoms with Crippen LogP contribution < -0.4 is 19.6 Å². The van der Waals surface area contributed by atoms with Crippen molar-refractivity contribution < 1.29 is 23.8 Å². The second-order valence-corrected chi connectivity index (χ2v) is 9.90. The molecule has 0 N–H and O–H groups in total. The van der Waals surface area contributed by atoms with E-state index in [-0.39, 0.29) is 36.0 Å². The summed E-state index contributed by atoms with van der Waals surface area (Å²) in [5.41, 5.74) is 1.54. The third-order valence-electron chi connectivity index (χ3n) is 5.63. The number of allylic oxidation sites excluding steroid dienone is 1. The highest BCUT2D eigenvalue weighted by molar-refractivity contribution is 7.07. The summed E-state index contributed by atoms with van der Waals surface area (Å²) in [6, 6.07) is 11.1. The van der Waals surface area contributed by atoms with Gasteiger partial charge in [-0.2, -0.15) is 0 Å². The maximum absolute atomic E-state index is 13.7. The first-order chi connectivity index (χ1) is 18.2. The van der Waals surface area contributed by atoms with Crippen molar-refractivity contribution in [3.8, 4) is 5.75 Å². The molecule has 0 saturated carbocycles. The third kappa shape index (κ3) is 5.70. The second kappa shape index (κ2) is 12.0. The van der Waals surface area contributed by atoms with Gasteiger partial charge in [-0.3, -0.25) is 9.36 Å². The van der Waals surface area contributed by atoms with Crippen LogP contribution in [0.1, 0.15) is 37.9 Å². The molecule has 0 aliphatic carbocycles. The van der Waals surface area contributed by atoms with Gasteiger partial charge in [-0.05, 0) is 50.6 Å². The van der Waals surface area contributed by atoms with Crippen LogP contribution in [0.15, 0.2) is 63.5 Å². The normalized spacial score (nSPS) is 15.1. The first-order valence-corrected chi connectivity index (χ1v) is 13.3. The van der Waals surface area contributed by atoms with Gasteiger partial charge in [0.25, 0.3) is 5.56 Å². The molecule has 0 amide bonds. The van der Waals surface area contributed by atoms with Crippen molar-refractivity contribution in [3.63, 3.8) is 0 Å². The number of hydrogen-bond acceptors (Lipinski definition) is 8. The summed E-state index contributed by atoms with van der Waals surface area (Å²) >= 11 is 14.0. The zero-order chi connectivity index (χ0) is 27.4. The van der Waals surface area contributed by atoms with Gasteiger partial charge in [-0.1, -0.05) is 58.8 Å². The van der Waals surface area contributed by atoms with Gasteiger partial charge in [-0.15, -0.1) is 0 Å². The van der Waals surface area contributed by atoms with Crippen LogP contribution in [0.2, 0.25) is 10.0 Å². The first kappa shape index (κ1) is 27.6. The Hall–Kier alpha value is -3.40. The molecule has 1 aromatic heterocycles. The fourth-order valence-electron chi connectivity index (χ4n) is 3.97. The average Bonchev–Trinajstić information content (AvgIpc) is 3.19. The molecule has 2 aromatic carbocycles. The summed E-state index contributed by atoms with van der Waals surface area (Å²) in [6.07, 6.45) is 1.72. The lowest BCUT2D eigenvalue weighted by Gasteiger charge is -2.25. The number of carbonyl (C=O) groups is 2. The highest BCUT2D eigenvalue weighted by Gasteiger charge is 2.34. The summed E-state index contributed by atoms with van der Waals surface area (Å²) in [5, 5.41) is 0.540. The standard InChI is InChI=1S/C27H24Cl2N2O6S/c1-4-35-21(32)14-37-17-11-9-16(10-12-17)13-20-25(33)31-24(18-7-6-8-19(28)23(18)29)22(26(34)36-5-2)15(3)30-27(31)38-20/h6-13,24H,4-5,14H2,1-3H3/b20-13-/t24-/m1/s1. The lowest BCUT2D eigenvalue weighted by Crippen LogP contribution is -2.40. The van der Waals surface area contributed by atoms with E-state index in [1.54, 1.807) is 69.3 Å². The number of nitrogens with zero attached hydrogens (tertiary/aromatic N) is 2. The Morgan fingerprint density at radius 3 is 2.47 bits per heavy atom. The lowest BCUT2D eigenvalue weighted by molar-refractivity contribution is -0.145. The second-order valence-electron chi connectivity index (χ2n) is 8.11. The number of ether oxygens (including phenoxy) is 3. The van der Waals surface area contributed by atoms with Crippen molar-refractivity contribution in [2.75, 3.05) is 19.8 Å². The fraction of sp³-hybridized carbons (Fsp3) is 0.259. The van der Waals surface area contributed by atoms with E-state index in [0.29, 0.717) is 31.4 Å². The first-order valence-electron chi connectivity index (χ1n) is 11.8. The molecule has 0 spiro atoms. The number of fused-ring (bicyclic) bond motifs is 1. The van der Waals surface area contributed by atoms with Gasteiger partial charge in [0.1, 0.15) is 11.8 Å². The van der Waals surface area contributed by atoms with Crippen LogP contribution in [0.3, 0.4) is 0 Å². The smallest absolute Gasteiger partial charge is 0.344 e. The van der Waals surface area contributed by atoms with Crippen molar-refractivity contribution in [1.82, 2.24) is 4.57 Å². The van der Waals surface area contributed by atoms with Crippen LogP contribution in [0.25, 0.3) is 6.08 Å². The molecule has 198 valence electrons. The van der Waals surface area contributed by atoms with E-state index >= 15 is 0 Å². The van der Waals surface area contributed by atoms with Gasteiger partial charge in [0, 0.05) is 5.56 Å². The zero-order valence-electron chi connectivity index (χ0n) is 20.8. The van der Waals surface area contributed by atoms with E-state index in [1.807, 2.05) is 0 Å². The molecule has 38 heavy (non-hydrogen) atoms. The zero-order valence-corrected chi connectivity index (χ0v) is 23.2. The summed E-state index contributed by atoms with van der Waals surface area (Å²) in [5.74, 6) is -0.547. The molecule has 8 nitrogen and oxygen atoms in total. The highest BCUT2D eigenvalue weighted by Crippen LogP contribution is 2.37. The van der Waals surface area contributed by atoms with Crippen molar-refractivity contribution in [2.45, 2.75) is 26.8 Å². The minimum absolute atomic E-state index is 0.162. The summed E-state index contributed by atoms with van der Waals surface area (Å²) in [6.45, 7) is 5.38. The maximum atomic E-state index is 13.7. The summed E-state index contributed by atoms with van der Waals surface area (Å²) < 4.78 is 17.4. The Bertz CT molecular complexity index is 1590. The number of benzene rings is 2. The molecule has 3 aromatic rings. The van der Waals surface area contributed by atoms with Crippen molar-refractivity contribution >= 4 is 52.6 Å². The summed E-state index contributed by atoms with van der Waals surface area (Å²) in [4.78, 5) is 43.2. The van der Waals surface area contributed by atoms with Gasteiger partial charge >= 0.3 is 11.9 Å². The molecule has 1 atom stereocenters. The molecule has 0 unspecified atom stereocenters. The minimum atomic E-state index is -0.864. The van der Waals surface area contributed by atoms with E-state index in [9.17, 15) is 14.4 Å². The van der Waals surface area contributed by atoms with E-state index < -0.39 is 18.0 Å². The van der Waals surface area contributed by atoms with E-state index in [2.05, 4.69) is 4.99 Å². The molecular formula is C27H24Cl2N2O6S. The monoisotopic (exact) mass is 574 g/mol. The molecule has 1 aliphatic rings. The van der Waals surface area contributed by atoms with E-state index in [0.717, 1.165) is 5.56 Å². The Labute approximate surface area is 232 Å². The fourth-order valence-corrected chi connectivity index (χ4v) is 5.43. The topological polar surface area (TPSA) is 96.2 Å². The summed E-state index contributed by atoms with van der Waals surface area (Å²) in [7, 11) is 0. The highest BCUT2D eigenvalue weighted by atomic mass is 35.5. The number of rotatable bonds is 8. The molecule has 0 radical (unpaired) electrons. The average molecular weight is 575 g/mol. The molecular weight excluding hydrogens is 551 g/mol. The molecule has 11 heteroatoms. The van der Waals surface area contributed by atoms with Crippen molar-refractivity contribution in [1.29, 1.82) is 0 Å². The van der Waals surface area contributed by atoms with E-state index in [1.165, 1.54) is 15.9 Å². The van der Waals surface area contributed by atoms with Crippen LogP contribution in [0, 0.1) is 0 Å². The quantitative estimate of drug-likeness (QED) is 0.377. The van der Waals surface area contributed by atoms with Crippen molar-refractivity contribution in [2.24, 2.45) is 4.99 Å². The van der Waals surface area contributed by atoms with E-state index in [4.69, 9.17) is 37.4 Å². The number of esters is 2. The van der Waals surface area contributed by atoms with Crippen LogP contribution in [-0.2, 0) is 19.1 Å². The minimum Gasteiger partial charge on any atom is -0.482 e. The predicted octanol–water partition coefficient (Wildman–Crippen LogP) is 4.05. The number of halogens is 2. The lowest BCUT2D eigenvalue weighted by atomic mass is 9.96. The third-order valence-corrected chi connectivity index (χ3v) is 7.45. The van der Waals surface area contributed by atoms with Gasteiger partial charge in [-0.25, -0.2) is 14.6 Å². The molecule has 2 heterocycles. The molecule has 1 aliphatic heterocycles. The number of hydrogen-bond donors (Lipinski definition) is 0. The van der Waals surface area contributed by atoms with Crippen LogP contribution in [0.4, 0.5) is 0 Å².